The van der Waals surface area contributed by atoms with Crippen LogP contribution >= 0.6 is 0 Å². The van der Waals surface area contributed by atoms with Gasteiger partial charge in [-0.05, 0) is 49.9 Å². The van der Waals surface area contributed by atoms with Gasteiger partial charge in [0.15, 0.2) is 0 Å². The van der Waals surface area contributed by atoms with Crippen molar-refractivity contribution >= 4 is 23.6 Å². The molecule has 0 aromatic heterocycles. The number of benzene rings is 1. The Labute approximate surface area is 174 Å². The number of hydrogen-bond acceptors (Lipinski definition) is 5. The Morgan fingerprint density at radius 3 is 2.47 bits per heavy atom. The molecule has 1 saturated carbocycles. The van der Waals surface area contributed by atoms with Crippen molar-refractivity contribution in [3.05, 3.63) is 30.1 Å². The van der Waals surface area contributed by atoms with Gasteiger partial charge in [0.05, 0.1) is 23.7 Å². The number of likely N-dealkylation sites (tertiary alicyclic amines) is 1. The molecule has 1 unspecified atom stereocenters. The molecule has 1 heterocycles. The number of halogens is 2. The van der Waals surface area contributed by atoms with Crippen molar-refractivity contribution in [3.8, 4) is 6.07 Å². The van der Waals surface area contributed by atoms with Crippen molar-refractivity contribution in [1.29, 1.82) is 5.26 Å². The highest BCUT2D eigenvalue weighted by atomic mass is 19.1. The topological polar surface area (TPSA) is 121 Å². The smallest absolute Gasteiger partial charge is 0.233 e. The molecule has 1 atom stereocenters. The Morgan fingerprint density at radius 2 is 1.93 bits per heavy atom. The highest BCUT2D eigenvalue weighted by molar-refractivity contribution is 6.14. The Morgan fingerprint density at radius 1 is 1.30 bits per heavy atom. The predicted molar refractivity (Wildman–Crippen MR) is 111 cm³/mol. The molecule has 160 valence electrons. The minimum atomic E-state index is -1.04. The average Bonchev–Trinajstić information content (AvgIpc) is 2.68. The number of carbonyl (C=O) groups is 1. The van der Waals surface area contributed by atoms with Crippen LogP contribution in [0.25, 0.3) is 0 Å². The third kappa shape index (κ3) is 5.19. The van der Waals surface area contributed by atoms with E-state index in [9.17, 15) is 18.8 Å². The number of primary amides is 1. The molecule has 4 N–H and O–H groups in total. The number of amidine groups is 1. The number of nitrogens with zero attached hydrogens (tertiary/aromatic N) is 4. The maximum Gasteiger partial charge on any atom is 0.233 e. The van der Waals surface area contributed by atoms with E-state index in [0.717, 1.165) is 12.8 Å². The molecule has 0 bridgehead atoms. The van der Waals surface area contributed by atoms with E-state index >= 15 is 0 Å². The number of alkyl halides is 1. The van der Waals surface area contributed by atoms with Crippen LogP contribution in [0.2, 0.25) is 0 Å². The second-order valence-corrected chi connectivity index (χ2v) is 8.01. The molecule has 9 heteroatoms. The third-order valence-electron chi connectivity index (χ3n) is 5.88. The molecule has 1 aliphatic heterocycles. The van der Waals surface area contributed by atoms with Crippen LogP contribution in [0.3, 0.4) is 0 Å². The molecule has 1 saturated heterocycles. The minimum absolute atomic E-state index is 0.0479. The van der Waals surface area contributed by atoms with Crippen LogP contribution in [0.1, 0.15) is 32.1 Å². The molecule has 0 radical (unpaired) electrons. The Balaban J connectivity index is 1.72. The Hall–Kier alpha value is -2.86. The van der Waals surface area contributed by atoms with Crippen molar-refractivity contribution < 1.29 is 13.6 Å². The zero-order valence-electron chi connectivity index (χ0n) is 16.7. The van der Waals surface area contributed by atoms with Gasteiger partial charge in [-0.2, -0.15) is 5.26 Å². The lowest BCUT2D eigenvalue weighted by Gasteiger charge is -2.45. The number of nitriles is 1. The summed E-state index contributed by atoms with van der Waals surface area (Å²) in [6.45, 7) is 0.943. The number of amides is 1. The SMILES string of the molecule is N#CCC1(N=CC(C(N)=O)C(N)=Nc2ccc(F)cc2)CCC(N2CC(F)C2)CC1. The van der Waals surface area contributed by atoms with Crippen LogP contribution in [-0.4, -0.2) is 53.7 Å². The normalized spacial score (nSPS) is 26.8. The summed E-state index contributed by atoms with van der Waals surface area (Å²) in [5, 5.41) is 9.30. The van der Waals surface area contributed by atoms with Gasteiger partial charge in [0.2, 0.25) is 5.91 Å². The van der Waals surface area contributed by atoms with Gasteiger partial charge in [0.1, 0.15) is 23.7 Å². The first-order valence-corrected chi connectivity index (χ1v) is 10.0. The predicted octanol–water partition coefficient (Wildman–Crippen LogP) is 2.24. The molecule has 2 fully saturated rings. The first kappa shape index (κ1) is 21.8. The van der Waals surface area contributed by atoms with Crippen LogP contribution in [0, 0.1) is 23.1 Å². The number of nitrogens with two attached hydrogens (primary N) is 2. The summed E-state index contributed by atoms with van der Waals surface area (Å²) in [5.41, 5.74) is 11.2. The lowest BCUT2D eigenvalue weighted by molar-refractivity contribution is -0.118. The minimum Gasteiger partial charge on any atom is -0.386 e. The average molecular weight is 416 g/mol. The Bertz CT molecular complexity index is 849. The van der Waals surface area contributed by atoms with Gasteiger partial charge in [-0.3, -0.25) is 14.7 Å². The van der Waals surface area contributed by atoms with Gasteiger partial charge in [-0.1, -0.05) is 0 Å². The number of hydrogen-bond donors (Lipinski definition) is 2. The van der Waals surface area contributed by atoms with Gasteiger partial charge >= 0.3 is 0 Å². The summed E-state index contributed by atoms with van der Waals surface area (Å²) < 4.78 is 26.2. The van der Waals surface area contributed by atoms with Gasteiger partial charge in [0.25, 0.3) is 0 Å². The van der Waals surface area contributed by atoms with Crippen LogP contribution in [0.5, 0.6) is 0 Å². The van der Waals surface area contributed by atoms with E-state index in [4.69, 9.17) is 11.5 Å². The fraction of sp³-hybridized carbons (Fsp3) is 0.524. The van der Waals surface area contributed by atoms with Crippen molar-refractivity contribution in [2.75, 3.05) is 13.1 Å². The van der Waals surface area contributed by atoms with E-state index in [1.165, 1.54) is 30.5 Å². The molecule has 1 aromatic rings. The summed E-state index contributed by atoms with van der Waals surface area (Å²) in [7, 11) is 0. The zero-order chi connectivity index (χ0) is 21.7. The fourth-order valence-electron chi connectivity index (χ4n) is 4.02. The van der Waals surface area contributed by atoms with Gasteiger partial charge in [-0.15, -0.1) is 0 Å². The summed E-state index contributed by atoms with van der Waals surface area (Å²) in [4.78, 5) is 22.8. The van der Waals surface area contributed by atoms with E-state index in [0.29, 0.717) is 37.7 Å². The molecular weight excluding hydrogens is 390 g/mol. The molecular formula is C21H26F2N6O. The lowest BCUT2D eigenvalue weighted by Crippen LogP contribution is -2.55. The van der Waals surface area contributed by atoms with Gasteiger partial charge in [-0.25, -0.2) is 13.8 Å². The highest BCUT2D eigenvalue weighted by Crippen LogP contribution is 2.37. The quantitative estimate of drug-likeness (QED) is 0.523. The van der Waals surface area contributed by atoms with Crippen molar-refractivity contribution in [2.45, 2.75) is 49.9 Å². The molecule has 1 aliphatic carbocycles. The molecule has 0 spiro atoms. The molecule has 2 aliphatic rings. The number of rotatable bonds is 7. The van der Waals surface area contributed by atoms with Crippen LogP contribution in [0.15, 0.2) is 34.3 Å². The summed E-state index contributed by atoms with van der Waals surface area (Å²) in [6.07, 6.45) is 3.80. The second kappa shape index (κ2) is 9.30. The van der Waals surface area contributed by atoms with E-state index in [-0.39, 0.29) is 12.3 Å². The van der Waals surface area contributed by atoms with E-state index in [2.05, 4.69) is 21.0 Å². The summed E-state index contributed by atoms with van der Waals surface area (Å²) >= 11 is 0. The van der Waals surface area contributed by atoms with E-state index in [1.807, 2.05) is 0 Å². The standard InChI is InChI=1S/C21H26F2N6O/c22-14-1-3-16(4-2-14)28-19(25)18(20(26)30)11-27-21(9-10-24)7-5-17(6-8-21)29-12-15(23)13-29/h1-4,11,15,17-18H,5-9,12-13H2,(H2,25,28)(H2,26,30). The zero-order valence-corrected chi connectivity index (χ0v) is 16.7. The molecule has 1 amide bonds. The van der Waals surface area contributed by atoms with Gasteiger partial charge in [0, 0.05) is 25.3 Å². The van der Waals surface area contributed by atoms with Crippen molar-refractivity contribution in [1.82, 2.24) is 4.90 Å². The molecule has 1 aromatic carbocycles. The van der Waals surface area contributed by atoms with Crippen LogP contribution in [0.4, 0.5) is 14.5 Å². The molecule has 7 nitrogen and oxygen atoms in total. The van der Waals surface area contributed by atoms with E-state index < -0.39 is 29.4 Å². The first-order chi connectivity index (χ1) is 14.3. The van der Waals surface area contributed by atoms with Crippen LogP contribution in [-0.2, 0) is 4.79 Å². The lowest BCUT2D eigenvalue weighted by atomic mass is 9.77. The number of carbonyl (C=O) groups excluding carboxylic acids is 1. The summed E-state index contributed by atoms with van der Waals surface area (Å²) in [6, 6.07) is 7.84. The molecule has 30 heavy (non-hydrogen) atoms. The Kier molecular flexibility index (Phi) is 6.77. The van der Waals surface area contributed by atoms with Crippen molar-refractivity contribution in [2.24, 2.45) is 27.4 Å². The summed E-state index contributed by atoms with van der Waals surface area (Å²) in [5.74, 6) is -2.20. The van der Waals surface area contributed by atoms with Crippen LogP contribution < -0.4 is 11.5 Å². The monoisotopic (exact) mass is 416 g/mol. The highest BCUT2D eigenvalue weighted by Gasteiger charge is 2.40. The van der Waals surface area contributed by atoms with Gasteiger partial charge < -0.3 is 11.5 Å². The number of aliphatic imine (C=N–C) groups is 2. The maximum atomic E-state index is 13.1. The van der Waals surface area contributed by atoms with E-state index in [1.54, 1.807) is 0 Å². The fourth-order valence-corrected chi connectivity index (χ4v) is 4.02. The first-order valence-electron chi connectivity index (χ1n) is 10.0. The van der Waals surface area contributed by atoms with Crippen molar-refractivity contribution in [3.63, 3.8) is 0 Å². The second-order valence-electron chi connectivity index (χ2n) is 8.01. The largest absolute Gasteiger partial charge is 0.386 e. The third-order valence-corrected chi connectivity index (χ3v) is 5.88. The maximum absolute atomic E-state index is 13.1. The molecule has 3 rings (SSSR count).